The Bertz CT molecular complexity index is 1820. The van der Waals surface area contributed by atoms with E-state index in [1.807, 2.05) is 44.2 Å². The van der Waals surface area contributed by atoms with Crippen molar-refractivity contribution in [2.75, 3.05) is 11.5 Å². The molecule has 2 amide bonds. The summed E-state index contributed by atoms with van der Waals surface area (Å²) in [6.45, 7) is 3.49. The van der Waals surface area contributed by atoms with Crippen LogP contribution in [0.5, 0.6) is 0 Å². The molecule has 222 valence electrons. The number of hydrogen-bond acceptors (Lipinski definition) is 6. The molecule has 9 heteroatoms. The van der Waals surface area contributed by atoms with Crippen molar-refractivity contribution in [1.82, 2.24) is 4.98 Å². The minimum absolute atomic E-state index is 0.131. The fraction of sp³-hybridized carbons (Fsp3) is 0.286. The van der Waals surface area contributed by atoms with Crippen molar-refractivity contribution in [2.45, 2.75) is 29.9 Å². The predicted octanol–water partition coefficient (Wildman–Crippen LogP) is 6.84. The highest BCUT2D eigenvalue weighted by atomic mass is 79.9. The molecule has 4 aromatic rings. The molecule has 1 aliphatic heterocycles. The van der Waals surface area contributed by atoms with Gasteiger partial charge in [0.25, 0.3) is 0 Å². The Labute approximate surface area is 271 Å². The van der Waals surface area contributed by atoms with Gasteiger partial charge in [-0.1, -0.05) is 85.5 Å². The van der Waals surface area contributed by atoms with Crippen molar-refractivity contribution >= 4 is 72.0 Å². The molecule has 1 saturated heterocycles. The topological polar surface area (TPSA) is 93.6 Å². The predicted molar refractivity (Wildman–Crippen MR) is 174 cm³/mol. The van der Waals surface area contributed by atoms with Crippen LogP contribution in [0.15, 0.2) is 72.8 Å². The fourth-order valence-corrected chi connectivity index (χ4v) is 8.95. The number of alkyl halides is 2. The third kappa shape index (κ3) is 4.72. The first-order chi connectivity index (χ1) is 21.1. The molecule has 7 rings (SSSR count). The van der Waals surface area contributed by atoms with Crippen LogP contribution >= 0.6 is 31.9 Å². The second-order valence-corrected chi connectivity index (χ2v) is 14.1. The number of nitrogens with zero attached hydrogens (tertiary/aromatic N) is 2. The number of esters is 1. The van der Waals surface area contributed by atoms with E-state index >= 15 is 0 Å². The van der Waals surface area contributed by atoms with Crippen molar-refractivity contribution in [2.24, 2.45) is 23.7 Å². The number of fused-ring (bicyclic) bond motifs is 6. The molecule has 7 nitrogen and oxygen atoms in total. The number of amides is 2. The Hall–Kier alpha value is -3.69. The van der Waals surface area contributed by atoms with E-state index in [1.165, 1.54) is 4.90 Å². The molecule has 0 radical (unpaired) electrons. The fourth-order valence-electron chi connectivity index (χ4n) is 7.07. The monoisotopic (exact) mass is 714 g/mol. The Morgan fingerprint density at radius 3 is 2.09 bits per heavy atom. The number of ketones is 1. The number of carbonyl (C=O) groups excluding carboxylic acids is 4. The zero-order valence-electron chi connectivity index (χ0n) is 24.0. The van der Waals surface area contributed by atoms with E-state index in [1.54, 1.807) is 42.5 Å². The maximum absolute atomic E-state index is 13.5. The number of anilines is 1. The number of aryl methyl sites for hydroxylation is 2. The minimum Gasteiger partial charge on any atom is -0.454 e. The van der Waals surface area contributed by atoms with Crippen molar-refractivity contribution in [1.29, 1.82) is 0 Å². The summed E-state index contributed by atoms with van der Waals surface area (Å²) in [7, 11) is 0. The summed E-state index contributed by atoms with van der Waals surface area (Å²) in [5.41, 5.74) is 5.14. The van der Waals surface area contributed by atoms with Gasteiger partial charge in [-0.25, -0.2) is 9.78 Å². The number of rotatable bonds is 6. The van der Waals surface area contributed by atoms with Gasteiger partial charge in [-0.05, 0) is 62.4 Å². The van der Waals surface area contributed by atoms with E-state index in [0.29, 0.717) is 39.0 Å². The van der Waals surface area contributed by atoms with Gasteiger partial charge in [0, 0.05) is 26.2 Å². The highest BCUT2D eigenvalue weighted by Gasteiger charge is 2.66. The number of carbonyl (C=O) groups is 4. The van der Waals surface area contributed by atoms with Crippen LogP contribution in [0.1, 0.15) is 38.3 Å². The van der Waals surface area contributed by atoms with Crippen LogP contribution in [0.3, 0.4) is 0 Å². The summed E-state index contributed by atoms with van der Waals surface area (Å²) in [4.78, 5) is 59.5. The van der Waals surface area contributed by atoms with Gasteiger partial charge in [0.05, 0.1) is 34.3 Å². The quantitative estimate of drug-likeness (QED) is 0.0940. The van der Waals surface area contributed by atoms with Crippen LogP contribution in [-0.4, -0.2) is 44.8 Å². The van der Waals surface area contributed by atoms with Crippen molar-refractivity contribution in [3.63, 3.8) is 0 Å². The van der Waals surface area contributed by atoms with E-state index in [0.717, 1.165) is 17.5 Å². The van der Waals surface area contributed by atoms with Gasteiger partial charge >= 0.3 is 5.97 Å². The number of Topliss-reactive ketones (excluding diaryl/α,β-unsaturated/α-hetero) is 1. The molecule has 3 fully saturated rings. The number of benzene rings is 3. The van der Waals surface area contributed by atoms with Gasteiger partial charge in [-0.2, -0.15) is 0 Å². The van der Waals surface area contributed by atoms with Gasteiger partial charge < -0.3 is 4.74 Å². The van der Waals surface area contributed by atoms with E-state index in [2.05, 4.69) is 31.9 Å². The van der Waals surface area contributed by atoms with Crippen LogP contribution in [0, 0.1) is 37.5 Å². The number of ether oxygens (including phenoxy) is 1. The van der Waals surface area contributed by atoms with Crippen LogP contribution in [0.4, 0.5) is 5.69 Å². The van der Waals surface area contributed by atoms with Gasteiger partial charge in [0.15, 0.2) is 12.4 Å². The molecule has 3 aliphatic rings. The number of halogens is 2. The number of aromatic nitrogens is 1. The molecule has 2 saturated carbocycles. The van der Waals surface area contributed by atoms with Gasteiger partial charge in [-0.15, -0.1) is 0 Å². The zero-order valence-corrected chi connectivity index (χ0v) is 27.2. The van der Waals surface area contributed by atoms with Crippen LogP contribution in [-0.2, 0) is 14.3 Å². The summed E-state index contributed by atoms with van der Waals surface area (Å²) in [6.07, 6.45) is 0.878. The highest BCUT2D eigenvalue weighted by molar-refractivity contribution is 9.12. The molecule has 2 heterocycles. The Morgan fingerprint density at radius 1 is 0.841 bits per heavy atom. The Balaban J connectivity index is 1.16. The summed E-state index contributed by atoms with van der Waals surface area (Å²) >= 11 is 7.47. The molecule has 6 atom stereocenters. The van der Waals surface area contributed by atoms with Crippen LogP contribution < -0.4 is 4.90 Å². The number of hydrogen-bond donors (Lipinski definition) is 0. The molecule has 6 unspecified atom stereocenters. The average Bonchev–Trinajstić information content (AvgIpc) is 3.64. The third-order valence-electron chi connectivity index (χ3n) is 9.30. The number of pyridine rings is 1. The SMILES string of the molecule is Cc1ccc(C(=O)COC(=O)c2cc(-c3ccc(N4C(=O)C5C6CC(C(Br)C6Br)C5C4=O)cc3)nc3ccc(C)cc23)cc1. The molecule has 1 aromatic heterocycles. The lowest BCUT2D eigenvalue weighted by Crippen LogP contribution is -2.37. The lowest BCUT2D eigenvalue weighted by Gasteiger charge is -2.28. The summed E-state index contributed by atoms with van der Waals surface area (Å²) in [6, 6.07) is 21.5. The van der Waals surface area contributed by atoms with Crippen molar-refractivity contribution < 1.29 is 23.9 Å². The van der Waals surface area contributed by atoms with Crippen molar-refractivity contribution in [3.05, 3.63) is 95.1 Å². The maximum atomic E-state index is 13.5. The molecular formula is C35H28Br2N2O5. The smallest absolute Gasteiger partial charge is 0.339 e. The summed E-state index contributed by atoms with van der Waals surface area (Å²) in [5, 5.41) is 0.628. The first kappa shape index (κ1) is 29.0. The van der Waals surface area contributed by atoms with E-state index in [-0.39, 0.29) is 57.5 Å². The third-order valence-corrected chi connectivity index (χ3v) is 12.5. The van der Waals surface area contributed by atoms with Gasteiger partial charge in [0.2, 0.25) is 11.8 Å². The van der Waals surface area contributed by atoms with E-state index < -0.39 is 5.97 Å². The molecular weight excluding hydrogens is 688 g/mol. The van der Waals surface area contributed by atoms with Gasteiger partial charge in [0.1, 0.15) is 0 Å². The largest absolute Gasteiger partial charge is 0.454 e. The molecule has 2 bridgehead atoms. The normalized spacial score (nSPS) is 25.5. The molecule has 0 N–H and O–H groups in total. The maximum Gasteiger partial charge on any atom is 0.339 e. The lowest BCUT2D eigenvalue weighted by atomic mass is 9.81. The summed E-state index contributed by atoms with van der Waals surface area (Å²) in [5.74, 6) is -1.46. The van der Waals surface area contributed by atoms with Crippen molar-refractivity contribution in [3.8, 4) is 11.3 Å². The molecule has 3 aromatic carbocycles. The number of imide groups is 1. The lowest BCUT2D eigenvalue weighted by molar-refractivity contribution is -0.123. The van der Waals surface area contributed by atoms with Gasteiger partial charge in [-0.3, -0.25) is 19.3 Å². The zero-order chi connectivity index (χ0) is 30.9. The van der Waals surface area contributed by atoms with Crippen LogP contribution in [0.25, 0.3) is 22.2 Å². The molecule has 2 aliphatic carbocycles. The average molecular weight is 716 g/mol. The standard InChI is InChI=1S/C35H28Br2N2O5/c1-17-3-6-20(7-4-17)28(40)16-44-35(43)23-15-27(38-26-12-5-18(2)13-22(23)26)19-8-10-21(11-9-19)39-33(41)29-24-14-25(30(29)34(39)42)32(37)31(24)36/h3-13,15,24-25,29-32H,14,16H2,1-2H3. The Morgan fingerprint density at radius 2 is 1.45 bits per heavy atom. The van der Waals surface area contributed by atoms with E-state index in [4.69, 9.17) is 9.72 Å². The first-order valence-corrected chi connectivity index (χ1v) is 16.4. The molecule has 0 spiro atoms. The second-order valence-electron chi connectivity index (χ2n) is 12.0. The van der Waals surface area contributed by atoms with E-state index in [9.17, 15) is 19.2 Å². The Kier molecular flexibility index (Phi) is 7.28. The van der Waals surface area contributed by atoms with Crippen LogP contribution in [0.2, 0.25) is 0 Å². The summed E-state index contributed by atoms with van der Waals surface area (Å²) < 4.78 is 5.49. The first-order valence-electron chi connectivity index (χ1n) is 14.6. The highest BCUT2D eigenvalue weighted by Crippen LogP contribution is 2.60. The molecule has 44 heavy (non-hydrogen) atoms. The second kappa shape index (κ2) is 11.0. The minimum atomic E-state index is -0.619.